The van der Waals surface area contributed by atoms with Crippen LogP contribution in [0.15, 0.2) is 48.5 Å². The molecule has 2 aromatic rings. The summed E-state index contributed by atoms with van der Waals surface area (Å²) in [6, 6.07) is 15.3. The van der Waals surface area contributed by atoms with Crippen LogP contribution < -0.4 is 15.4 Å². The lowest BCUT2D eigenvalue weighted by molar-refractivity contribution is 0.248. The highest BCUT2D eigenvalue weighted by molar-refractivity contribution is 5.95. The minimum atomic E-state index is -0.217. The zero-order chi connectivity index (χ0) is 13.2. The lowest BCUT2D eigenvalue weighted by Gasteiger charge is -2.28. The highest BCUT2D eigenvalue weighted by Gasteiger charge is 2.27. The van der Waals surface area contributed by atoms with Crippen molar-refractivity contribution in [2.24, 2.45) is 0 Å². The van der Waals surface area contributed by atoms with Gasteiger partial charge in [-0.1, -0.05) is 42.5 Å². The van der Waals surface area contributed by atoms with Crippen molar-refractivity contribution >= 4 is 11.7 Å². The Bertz CT molecular complexity index is 611. The third-order valence-corrected chi connectivity index (χ3v) is 3.24. The van der Waals surface area contributed by atoms with E-state index in [1.54, 1.807) is 7.11 Å². The van der Waals surface area contributed by atoms with E-state index in [0.29, 0.717) is 5.75 Å². The minimum absolute atomic E-state index is 0.153. The van der Waals surface area contributed by atoms with Gasteiger partial charge in [0.05, 0.1) is 18.8 Å². The fourth-order valence-electron chi connectivity index (χ4n) is 2.36. The van der Waals surface area contributed by atoms with Gasteiger partial charge in [0.25, 0.3) is 0 Å². The summed E-state index contributed by atoms with van der Waals surface area (Å²) in [5.74, 6) is 0.674. The van der Waals surface area contributed by atoms with Crippen molar-refractivity contribution in [3.63, 3.8) is 0 Å². The molecule has 96 valence electrons. The predicted octanol–water partition coefficient (Wildman–Crippen LogP) is 2.92. The van der Waals surface area contributed by atoms with Crippen LogP contribution in [0.2, 0.25) is 0 Å². The molecule has 1 aliphatic heterocycles. The van der Waals surface area contributed by atoms with E-state index in [1.807, 2.05) is 48.5 Å². The van der Waals surface area contributed by atoms with Gasteiger partial charge in [0.15, 0.2) is 0 Å². The van der Waals surface area contributed by atoms with Crippen molar-refractivity contribution in [3.05, 3.63) is 59.7 Å². The maximum Gasteiger partial charge on any atom is 0.320 e. The molecule has 0 bridgehead atoms. The van der Waals surface area contributed by atoms with Crippen LogP contribution >= 0.6 is 0 Å². The van der Waals surface area contributed by atoms with Crippen LogP contribution in [-0.4, -0.2) is 13.1 Å². The Morgan fingerprint density at radius 3 is 2.58 bits per heavy atom. The van der Waals surface area contributed by atoms with Gasteiger partial charge < -0.3 is 15.4 Å². The third kappa shape index (κ3) is 2.01. The van der Waals surface area contributed by atoms with Gasteiger partial charge in [-0.05, 0) is 11.6 Å². The molecule has 1 atom stereocenters. The lowest BCUT2D eigenvalue weighted by Crippen LogP contribution is -2.38. The quantitative estimate of drug-likeness (QED) is 0.865. The van der Waals surface area contributed by atoms with E-state index >= 15 is 0 Å². The van der Waals surface area contributed by atoms with Gasteiger partial charge in [-0.3, -0.25) is 0 Å². The molecule has 1 heterocycles. The standard InChI is InChI=1S/C15H14N2O2/c1-19-12-9-5-8-11-13(10-6-3-2-4-7-10)16-15(18)17-14(11)12/h2-9,13H,1H3,(H2,16,17,18). The summed E-state index contributed by atoms with van der Waals surface area (Å²) in [6.45, 7) is 0. The molecule has 2 aromatic carbocycles. The molecule has 2 amide bonds. The summed E-state index contributed by atoms with van der Waals surface area (Å²) >= 11 is 0. The van der Waals surface area contributed by atoms with Crippen molar-refractivity contribution in [1.82, 2.24) is 5.32 Å². The molecule has 4 nitrogen and oxygen atoms in total. The Labute approximate surface area is 111 Å². The molecule has 0 saturated heterocycles. The van der Waals surface area contributed by atoms with Crippen LogP contribution in [0.1, 0.15) is 17.2 Å². The Balaban J connectivity index is 2.13. The second-order valence-corrected chi connectivity index (χ2v) is 4.37. The van der Waals surface area contributed by atoms with E-state index in [-0.39, 0.29) is 12.1 Å². The molecule has 0 radical (unpaired) electrons. The molecule has 19 heavy (non-hydrogen) atoms. The largest absolute Gasteiger partial charge is 0.495 e. The second kappa shape index (κ2) is 4.65. The molecular weight excluding hydrogens is 240 g/mol. The number of para-hydroxylation sites is 1. The van der Waals surface area contributed by atoms with E-state index in [2.05, 4.69) is 10.6 Å². The zero-order valence-corrected chi connectivity index (χ0v) is 10.5. The number of methoxy groups -OCH3 is 1. The van der Waals surface area contributed by atoms with Crippen LogP contribution in [-0.2, 0) is 0 Å². The zero-order valence-electron chi connectivity index (χ0n) is 10.5. The number of carbonyl (C=O) groups is 1. The van der Waals surface area contributed by atoms with Gasteiger partial charge in [-0.2, -0.15) is 0 Å². The number of hydrogen-bond donors (Lipinski definition) is 2. The van der Waals surface area contributed by atoms with E-state index in [1.165, 1.54) is 0 Å². The molecule has 2 N–H and O–H groups in total. The Morgan fingerprint density at radius 2 is 1.84 bits per heavy atom. The van der Waals surface area contributed by atoms with E-state index < -0.39 is 0 Å². The third-order valence-electron chi connectivity index (χ3n) is 3.24. The van der Waals surface area contributed by atoms with Crippen molar-refractivity contribution in [3.8, 4) is 5.75 Å². The monoisotopic (exact) mass is 254 g/mol. The molecule has 1 unspecified atom stereocenters. The van der Waals surface area contributed by atoms with Gasteiger partial charge in [0.1, 0.15) is 5.75 Å². The predicted molar refractivity (Wildman–Crippen MR) is 73.4 cm³/mol. The highest BCUT2D eigenvalue weighted by Crippen LogP contribution is 2.37. The van der Waals surface area contributed by atoms with Gasteiger partial charge in [-0.25, -0.2) is 4.79 Å². The molecule has 0 aromatic heterocycles. The second-order valence-electron chi connectivity index (χ2n) is 4.37. The van der Waals surface area contributed by atoms with Crippen molar-refractivity contribution in [2.45, 2.75) is 6.04 Å². The number of benzene rings is 2. The summed E-state index contributed by atoms with van der Waals surface area (Å²) in [5.41, 5.74) is 2.79. The average Bonchev–Trinajstić information content (AvgIpc) is 2.46. The molecular formula is C15H14N2O2. The number of hydrogen-bond acceptors (Lipinski definition) is 2. The fourth-order valence-corrected chi connectivity index (χ4v) is 2.36. The molecule has 0 aliphatic carbocycles. The fraction of sp³-hybridized carbons (Fsp3) is 0.133. The first-order chi connectivity index (χ1) is 9.29. The summed E-state index contributed by atoms with van der Waals surface area (Å²) in [4.78, 5) is 11.8. The summed E-state index contributed by atoms with van der Waals surface area (Å²) in [5, 5.41) is 5.74. The highest BCUT2D eigenvalue weighted by atomic mass is 16.5. The van der Waals surface area contributed by atoms with Crippen molar-refractivity contribution in [1.29, 1.82) is 0 Å². The Hall–Kier alpha value is -2.49. The number of anilines is 1. The maximum absolute atomic E-state index is 11.8. The number of fused-ring (bicyclic) bond motifs is 1. The number of amides is 2. The van der Waals surface area contributed by atoms with Crippen molar-refractivity contribution in [2.75, 3.05) is 12.4 Å². The summed E-state index contributed by atoms with van der Waals surface area (Å²) in [6.07, 6.45) is 0. The average molecular weight is 254 g/mol. The normalized spacial score (nSPS) is 17.1. The van der Waals surface area contributed by atoms with E-state index in [4.69, 9.17) is 4.74 Å². The van der Waals surface area contributed by atoms with Gasteiger partial charge in [-0.15, -0.1) is 0 Å². The molecule has 3 rings (SSSR count). The maximum atomic E-state index is 11.8. The number of nitrogens with one attached hydrogen (secondary N) is 2. The van der Waals surface area contributed by atoms with E-state index in [0.717, 1.165) is 16.8 Å². The van der Waals surface area contributed by atoms with Crippen LogP contribution in [0.4, 0.5) is 10.5 Å². The van der Waals surface area contributed by atoms with E-state index in [9.17, 15) is 4.79 Å². The van der Waals surface area contributed by atoms with Crippen molar-refractivity contribution < 1.29 is 9.53 Å². The molecule has 4 heteroatoms. The topological polar surface area (TPSA) is 50.4 Å². The molecule has 0 fully saturated rings. The molecule has 1 aliphatic rings. The SMILES string of the molecule is COc1cccc2c1NC(=O)NC2c1ccccc1. The summed E-state index contributed by atoms with van der Waals surface area (Å²) < 4.78 is 5.30. The van der Waals surface area contributed by atoms with Crippen LogP contribution in [0, 0.1) is 0 Å². The first kappa shape index (κ1) is 11.6. The first-order valence-electron chi connectivity index (χ1n) is 6.09. The Morgan fingerprint density at radius 1 is 1.05 bits per heavy atom. The number of rotatable bonds is 2. The van der Waals surface area contributed by atoms with Gasteiger partial charge in [0.2, 0.25) is 0 Å². The van der Waals surface area contributed by atoms with Crippen LogP contribution in [0.5, 0.6) is 5.75 Å². The number of urea groups is 1. The first-order valence-corrected chi connectivity index (χ1v) is 6.09. The minimum Gasteiger partial charge on any atom is -0.495 e. The Kier molecular flexibility index (Phi) is 2.83. The smallest absolute Gasteiger partial charge is 0.320 e. The summed E-state index contributed by atoms with van der Waals surface area (Å²) in [7, 11) is 1.60. The van der Waals surface area contributed by atoms with Crippen LogP contribution in [0.3, 0.4) is 0 Å². The lowest BCUT2D eigenvalue weighted by atomic mass is 9.95. The van der Waals surface area contributed by atoms with Gasteiger partial charge in [0, 0.05) is 5.56 Å². The van der Waals surface area contributed by atoms with Crippen LogP contribution in [0.25, 0.3) is 0 Å². The number of carbonyl (C=O) groups excluding carboxylic acids is 1. The molecule has 0 spiro atoms. The molecule has 0 saturated carbocycles. The number of ether oxygens (including phenoxy) is 1. The van der Waals surface area contributed by atoms with Gasteiger partial charge >= 0.3 is 6.03 Å².